The zero-order chi connectivity index (χ0) is 19.6. The number of rotatable bonds is 5. The van der Waals surface area contributed by atoms with Crippen molar-refractivity contribution in [3.05, 3.63) is 64.8 Å². The lowest BCUT2D eigenvalue weighted by atomic mass is 10.2. The highest BCUT2D eigenvalue weighted by Gasteiger charge is 2.27. The number of carbonyl (C=O) groups is 1. The minimum atomic E-state index is -3.50. The van der Waals surface area contributed by atoms with Gasteiger partial charge < -0.3 is 4.90 Å². The molecule has 1 aliphatic heterocycles. The number of piperazine rings is 1. The number of sulfonamides is 1. The molecule has 3 aromatic rings. The van der Waals surface area contributed by atoms with Gasteiger partial charge >= 0.3 is 0 Å². The number of carbonyl (C=O) groups excluding carboxylic acids is 1. The van der Waals surface area contributed by atoms with Crippen LogP contribution in [-0.2, 0) is 21.2 Å². The van der Waals surface area contributed by atoms with E-state index in [-0.39, 0.29) is 12.3 Å². The standard InChI is InChI=1S/C19H20N4O3S2/c24-18(14-17-15-22-11-12-27-19(22)20-17)21-7-9-23(10-8-21)28(25,26)13-6-16-4-2-1-3-5-16/h1-6,11-13,15H,7-10,14H2/b13-6+. The second-order valence-corrected chi connectivity index (χ2v) is 9.23. The van der Waals surface area contributed by atoms with Crippen LogP contribution in [0.15, 0.2) is 53.5 Å². The van der Waals surface area contributed by atoms with Crippen LogP contribution in [0, 0.1) is 0 Å². The zero-order valence-electron chi connectivity index (χ0n) is 15.1. The highest BCUT2D eigenvalue weighted by Crippen LogP contribution is 2.15. The van der Waals surface area contributed by atoms with Gasteiger partial charge in [-0.2, -0.15) is 4.31 Å². The van der Waals surface area contributed by atoms with Gasteiger partial charge in [-0.05, 0) is 11.6 Å². The summed E-state index contributed by atoms with van der Waals surface area (Å²) in [4.78, 5) is 19.5. The second-order valence-electron chi connectivity index (χ2n) is 6.54. The van der Waals surface area contributed by atoms with E-state index < -0.39 is 10.0 Å². The monoisotopic (exact) mass is 416 g/mol. The molecule has 1 fully saturated rings. The van der Waals surface area contributed by atoms with E-state index >= 15 is 0 Å². The summed E-state index contributed by atoms with van der Waals surface area (Å²) in [5.74, 6) is -0.0253. The normalized spacial score (nSPS) is 16.2. The first-order chi connectivity index (χ1) is 13.5. The zero-order valence-corrected chi connectivity index (χ0v) is 16.8. The van der Waals surface area contributed by atoms with E-state index in [0.29, 0.717) is 26.2 Å². The molecule has 1 saturated heterocycles. The van der Waals surface area contributed by atoms with E-state index in [1.54, 1.807) is 11.0 Å². The molecule has 0 radical (unpaired) electrons. The van der Waals surface area contributed by atoms with E-state index in [1.807, 2.05) is 52.5 Å². The second kappa shape index (κ2) is 7.86. The lowest BCUT2D eigenvalue weighted by Gasteiger charge is -2.33. The van der Waals surface area contributed by atoms with Crippen LogP contribution in [0.3, 0.4) is 0 Å². The minimum Gasteiger partial charge on any atom is -0.340 e. The van der Waals surface area contributed by atoms with Crippen molar-refractivity contribution in [3.63, 3.8) is 0 Å². The molecule has 1 aliphatic rings. The number of imidazole rings is 1. The number of thiazole rings is 1. The van der Waals surface area contributed by atoms with Gasteiger partial charge in [0.15, 0.2) is 4.96 Å². The number of fused-ring (bicyclic) bond motifs is 1. The van der Waals surface area contributed by atoms with Gasteiger partial charge in [0.1, 0.15) is 0 Å². The van der Waals surface area contributed by atoms with Crippen molar-refractivity contribution in [2.75, 3.05) is 26.2 Å². The van der Waals surface area contributed by atoms with Crippen molar-refractivity contribution >= 4 is 38.3 Å². The van der Waals surface area contributed by atoms with Gasteiger partial charge in [0, 0.05) is 49.4 Å². The molecule has 0 bridgehead atoms. The first-order valence-electron chi connectivity index (χ1n) is 8.93. The first-order valence-corrected chi connectivity index (χ1v) is 11.3. The molecule has 0 saturated carbocycles. The molecule has 0 spiro atoms. The Morgan fingerprint density at radius 3 is 2.61 bits per heavy atom. The van der Waals surface area contributed by atoms with Gasteiger partial charge in [-0.25, -0.2) is 13.4 Å². The summed E-state index contributed by atoms with van der Waals surface area (Å²) in [6, 6.07) is 9.31. The SMILES string of the molecule is O=C(Cc1cn2ccsc2n1)N1CCN(S(=O)(=O)/C=C/c2ccccc2)CC1. The highest BCUT2D eigenvalue weighted by molar-refractivity contribution is 7.92. The Balaban J connectivity index is 1.33. The summed E-state index contributed by atoms with van der Waals surface area (Å²) in [5.41, 5.74) is 1.57. The van der Waals surface area contributed by atoms with Gasteiger partial charge in [0.2, 0.25) is 15.9 Å². The van der Waals surface area contributed by atoms with Crippen molar-refractivity contribution in [2.24, 2.45) is 0 Å². The van der Waals surface area contributed by atoms with Crippen LogP contribution in [0.5, 0.6) is 0 Å². The third-order valence-corrected chi connectivity index (χ3v) is 6.99. The summed E-state index contributed by atoms with van der Waals surface area (Å²) >= 11 is 1.52. The van der Waals surface area contributed by atoms with Crippen molar-refractivity contribution in [3.8, 4) is 0 Å². The third kappa shape index (κ3) is 4.16. The highest BCUT2D eigenvalue weighted by atomic mass is 32.2. The number of benzene rings is 1. The summed E-state index contributed by atoms with van der Waals surface area (Å²) < 4.78 is 28.4. The summed E-state index contributed by atoms with van der Waals surface area (Å²) in [6.07, 6.45) is 5.60. The quantitative estimate of drug-likeness (QED) is 0.638. The number of amides is 1. The van der Waals surface area contributed by atoms with Crippen LogP contribution in [0.2, 0.25) is 0 Å². The maximum absolute atomic E-state index is 12.5. The number of hydrogen-bond acceptors (Lipinski definition) is 5. The van der Waals surface area contributed by atoms with Crippen molar-refractivity contribution in [1.29, 1.82) is 0 Å². The fourth-order valence-corrected chi connectivity index (χ4v) is 5.03. The maximum Gasteiger partial charge on any atom is 0.236 e. The summed E-state index contributed by atoms with van der Waals surface area (Å²) in [5, 5.41) is 3.18. The van der Waals surface area contributed by atoms with Gasteiger partial charge in [-0.3, -0.25) is 9.20 Å². The van der Waals surface area contributed by atoms with Crippen molar-refractivity contribution < 1.29 is 13.2 Å². The summed E-state index contributed by atoms with van der Waals surface area (Å²) in [7, 11) is -3.50. The molecule has 0 N–H and O–H groups in total. The molecule has 28 heavy (non-hydrogen) atoms. The molecule has 0 atom stereocenters. The van der Waals surface area contributed by atoms with Crippen LogP contribution < -0.4 is 0 Å². The third-order valence-electron chi connectivity index (χ3n) is 4.66. The Morgan fingerprint density at radius 1 is 1.14 bits per heavy atom. The molecule has 0 unspecified atom stereocenters. The molecule has 9 heteroatoms. The molecule has 1 amide bonds. The Labute approximate surface area is 167 Å². The van der Waals surface area contributed by atoms with Gasteiger partial charge in [0.25, 0.3) is 0 Å². The van der Waals surface area contributed by atoms with E-state index in [2.05, 4.69) is 4.98 Å². The molecule has 7 nitrogen and oxygen atoms in total. The van der Waals surface area contributed by atoms with Gasteiger partial charge in [-0.1, -0.05) is 30.3 Å². The molecule has 1 aromatic carbocycles. The Hall–Kier alpha value is -2.49. The van der Waals surface area contributed by atoms with Crippen LogP contribution in [0.1, 0.15) is 11.3 Å². The minimum absolute atomic E-state index is 0.0253. The Bertz CT molecular complexity index is 1070. The lowest BCUT2D eigenvalue weighted by Crippen LogP contribution is -2.50. The lowest BCUT2D eigenvalue weighted by molar-refractivity contribution is -0.131. The maximum atomic E-state index is 12.5. The van der Waals surface area contributed by atoms with Crippen LogP contribution >= 0.6 is 11.3 Å². The van der Waals surface area contributed by atoms with E-state index in [4.69, 9.17) is 0 Å². The Kier molecular flexibility index (Phi) is 5.29. The smallest absolute Gasteiger partial charge is 0.236 e. The average Bonchev–Trinajstić information content (AvgIpc) is 3.29. The fraction of sp³-hybridized carbons (Fsp3) is 0.263. The topological polar surface area (TPSA) is 75.0 Å². The summed E-state index contributed by atoms with van der Waals surface area (Å²) in [6.45, 7) is 1.37. The molecule has 3 heterocycles. The van der Waals surface area contributed by atoms with Crippen molar-refractivity contribution in [1.82, 2.24) is 18.6 Å². The molecule has 2 aromatic heterocycles. The Morgan fingerprint density at radius 2 is 1.89 bits per heavy atom. The van der Waals surface area contributed by atoms with Crippen LogP contribution in [-0.4, -0.2) is 59.1 Å². The van der Waals surface area contributed by atoms with Crippen molar-refractivity contribution in [2.45, 2.75) is 6.42 Å². The first kappa shape index (κ1) is 18.9. The van der Waals surface area contributed by atoms with Gasteiger partial charge in [0.05, 0.1) is 12.1 Å². The van der Waals surface area contributed by atoms with E-state index in [1.165, 1.54) is 21.1 Å². The molecular weight excluding hydrogens is 396 g/mol. The largest absolute Gasteiger partial charge is 0.340 e. The average molecular weight is 417 g/mol. The predicted octanol–water partition coefficient (Wildman–Crippen LogP) is 2.08. The van der Waals surface area contributed by atoms with E-state index in [9.17, 15) is 13.2 Å². The number of hydrogen-bond donors (Lipinski definition) is 0. The predicted molar refractivity (Wildman–Crippen MR) is 109 cm³/mol. The van der Waals surface area contributed by atoms with Gasteiger partial charge in [-0.15, -0.1) is 11.3 Å². The molecule has 146 valence electrons. The fourth-order valence-electron chi connectivity index (χ4n) is 3.13. The molecule has 0 aliphatic carbocycles. The van der Waals surface area contributed by atoms with Crippen LogP contribution in [0.25, 0.3) is 11.0 Å². The van der Waals surface area contributed by atoms with Crippen LogP contribution in [0.4, 0.5) is 0 Å². The number of aromatic nitrogens is 2. The number of nitrogens with zero attached hydrogens (tertiary/aromatic N) is 4. The molecule has 4 rings (SSSR count). The van der Waals surface area contributed by atoms with E-state index in [0.717, 1.165) is 16.2 Å². The molecular formula is C19H20N4O3S2.